The maximum atomic E-state index is 5.18. The highest BCUT2D eigenvalue weighted by molar-refractivity contribution is 7.26. The summed E-state index contributed by atoms with van der Waals surface area (Å²) in [6, 6.07) is 44.7. The molecule has 178 valence electrons. The SMILES string of the molecule is c1ccc(-c2nc(-c3ccc4c(c3)c3ccccc3n4-c3ccccc3)c3sc4ccccc4c3n2)cc1. The second-order valence-corrected chi connectivity index (χ2v) is 10.5. The molecule has 0 aliphatic rings. The molecule has 0 saturated heterocycles. The molecule has 0 aliphatic heterocycles. The molecule has 38 heavy (non-hydrogen) atoms. The van der Waals surface area contributed by atoms with Gasteiger partial charge in [-0.15, -0.1) is 11.3 Å². The van der Waals surface area contributed by atoms with Gasteiger partial charge in [0.2, 0.25) is 0 Å². The quantitative estimate of drug-likeness (QED) is 0.240. The Balaban J connectivity index is 1.44. The Labute approximate surface area is 223 Å². The van der Waals surface area contributed by atoms with Crippen LogP contribution in [0.25, 0.3) is 70.4 Å². The first-order valence-electron chi connectivity index (χ1n) is 12.7. The van der Waals surface area contributed by atoms with Crippen LogP contribution < -0.4 is 0 Å². The number of benzene rings is 5. The van der Waals surface area contributed by atoms with Crippen molar-refractivity contribution in [2.75, 3.05) is 0 Å². The second kappa shape index (κ2) is 8.37. The number of aromatic nitrogens is 3. The normalized spacial score (nSPS) is 11.7. The third-order valence-electron chi connectivity index (χ3n) is 7.21. The van der Waals surface area contributed by atoms with Gasteiger partial charge in [0.1, 0.15) is 0 Å². The van der Waals surface area contributed by atoms with E-state index in [0.717, 1.165) is 38.5 Å². The number of fused-ring (bicyclic) bond motifs is 6. The average molecular weight is 504 g/mol. The van der Waals surface area contributed by atoms with Gasteiger partial charge in [0.05, 0.1) is 26.9 Å². The zero-order chi connectivity index (χ0) is 25.1. The maximum absolute atomic E-state index is 5.18. The predicted octanol–water partition coefficient (Wildman–Crippen LogP) is 9.28. The Morgan fingerprint density at radius 2 is 1.21 bits per heavy atom. The van der Waals surface area contributed by atoms with E-state index in [9.17, 15) is 0 Å². The van der Waals surface area contributed by atoms with Crippen molar-refractivity contribution in [1.29, 1.82) is 0 Å². The van der Waals surface area contributed by atoms with Crippen molar-refractivity contribution < 1.29 is 0 Å². The largest absolute Gasteiger partial charge is 0.309 e. The molecular formula is C34H21N3S. The summed E-state index contributed by atoms with van der Waals surface area (Å²) >= 11 is 1.77. The highest BCUT2D eigenvalue weighted by atomic mass is 32.1. The number of para-hydroxylation sites is 2. The molecule has 4 heteroatoms. The molecule has 0 fully saturated rings. The van der Waals surface area contributed by atoms with E-state index in [-0.39, 0.29) is 0 Å². The van der Waals surface area contributed by atoms with Gasteiger partial charge in [0.15, 0.2) is 5.82 Å². The van der Waals surface area contributed by atoms with Gasteiger partial charge in [0.25, 0.3) is 0 Å². The van der Waals surface area contributed by atoms with Gasteiger partial charge in [-0.2, -0.15) is 0 Å². The molecule has 0 bridgehead atoms. The van der Waals surface area contributed by atoms with Crippen molar-refractivity contribution in [3.8, 4) is 28.3 Å². The molecule has 0 amide bonds. The molecule has 0 atom stereocenters. The van der Waals surface area contributed by atoms with Gasteiger partial charge in [-0.05, 0) is 36.4 Å². The first-order chi connectivity index (χ1) is 18.8. The van der Waals surface area contributed by atoms with Gasteiger partial charge < -0.3 is 4.57 Å². The van der Waals surface area contributed by atoms with E-state index in [1.807, 2.05) is 18.2 Å². The summed E-state index contributed by atoms with van der Waals surface area (Å²) in [6.07, 6.45) is 0. The Morgan fingerprint density at radius 3 is 2.05 bits per heavy atom. The first-order valence-corrected chi connectivity index (χ1v) is 13.5. The van der Waals surface area contributed by atoms with E-state index < -0.39 is 0 Å². The van der Waals surface area contributed by atoms with Crippen LogP contribution in [0.3, 0.4) is 0 Å². The second-order valence-electron chi connectivity index (χ2n) is 9.46. The number of hydrogen-bond acceptors (Lipinski definition) is 3. The molecule has 3 heterocycles. The Hall–Kier alpha value is -4.80. The molecule has 0 radical (unpaired) electrons. The van der Waals surface area contributed by atoms with Crippen molar-refractivity contribution in [2.24, 2.45) is 0 Å². The van der Waals surface area contributed by atoms with E-state index in [1.165, 1.54) is 31.9 Å². The lowest BCUT2D eigenvalue weighted by Crippen LogP contribution is -1.94. The summed E-state index contributed by atoms with van der Waals surface area (Å²) in [6.45, 7) is 0. The van der Waals surface area contributed by atoms with Gasteiger partial charge in [-0.25, -0.2) is 9.97 Å². The minimum absolute atomic E-state index is 0.753. The highest BCUT2D eigenvalue weighted by Crippen LogP contribution is 2.41. The smallest absolute Gasteiger partial charge is 0.160 e. The van der Waals surface area contributed by atoms with E-state index >= 15 is 0 Å². The fraction of sp³-hybridized carbons (Fsp3) is 0. The van der Waals surface area contributed by atoms with Crippen LogP contribution in [0.15, 0.2) is 127 Å². The van der Waals surface area contributed by atoms with E-state index in [1.54, 1.807) is 11.3 Å². The third kappa shape index (κ3) is 3.21. The fourth-order valence-corrected chi connectivity index (χ4v) is 6.63. The number of hydrogen-bond donors (Lipinski definition) is 0. The van der Waals surface area contributed by atoms with Gasteiger partial charge >= 0.3 is 0 Å². The van der Waals surface area contributed by atoms with Crippen LogP contribution in [0.4, 0.5) is 0 Å². The van der Waals surface area contributed by atoms with Crippen molar-refractivity contribution >= 4 is 53.4 Å². The summed E-state index contributed by atoms with van der Waals surface area (Å²) in [5.41, 5.74) is 7.66. The van der Waals surface area contributed by atoms with E-state index in [0.29, 0.717) is 0 Å². The third-order valence-corrected chi connectivity index (χ3v) is 8.38. The lowest BCUT2D eigenvalue weighted by molar-refractivity contribution is 1.18. The number of thiophene rings is 1. The molecular weight excluding hydrogens is 482 g/mol. The standard InChI is InChI=1S/C34H21N3S/c1-3-11-22(12-4-1)34-35-31(33-32(36-34)26-16-8-10-18-30(26)38-33)23-19-20-29-27(21-23)25-15-7-9-17-28(25)37(29)24-13-5-2-6-14-24/h1-21H. The first kappa shape index (κ1) is 21.3. The molecule has 3 nitrogen and oxygen atoms in total. The summed E-state index contributed by atoms with van der Waals surface area (Å²) in [5.74, 6) is 0.753. The molecule has 0 saturated carbocycles. The average Bonchev–Trinajstić information content (AvgIpc) is 3.53. The van der Waals surface area contributed by atoms with Gasteiger partial charge in [-0.1, -0.05) is 91.0 Å². The number of nitrogens with zero attached hydrogens (tertiary/aromatic N) is 3. The molecule has 3 aromatic heterocycles. The summed E-state index contributed by atoms with van der Waals surface area (Å²) in [4.78, 5) is 10.3. The van der Waals surface area contributed by atoms with Crippen molar-refractivity contribution in [3.05, 3.63) is 127 Å². The molecule has 0 unspecified atom stereocenters. The van der Waals surface area contributed by atoms with Gasteiger partial charge in [0, 0.05) is 37.7 Å². The summed E-state index contributed by atoms with van der Waals surface area (Å²) < 4.78 is 4.70. The molecule has 0 spiro atoms. The highest BCUT2D eigenvalue weighted by Gasteiger charge is 2.18. The maximum Gasteiger partial charge on any atom is 0.160 e. The molecule has 5 aromatic carbocycles. The minimum Gasteiger partial charge on any atom is -0.309 e. The van der Waals surface area contributed by atoms with Crippen LogP contribution in [0, 0.1) is 0 Å². The Bertz CT molecular complexity index is 2120. The van der Waals surface area contributed by atoms with Crippen LogP contribution in [-0.2, 0) is 0 Å². The predicted molar refractivity (Wildman–Crippen MR) is 160 cm³/mol. The van der Waals surface area contributed by atoms with Crippen molar-refractivity contribution in [1.82, 2.24) is 14.5 Å². The Morgan fingerprint density at radius 1 is 0.526 bits per heavy atom. The molecule has 8 aromatic rings. The van der Waals surface area contributed by atoms with Crippen molar-refractivity contribution in [3.63, 3.8) is 0 Å². The van der Waals surface area contributed by atoms with Crippen LogP contribution in [0.5, 0.6) is 0 Å². The zero-order valence-corrected chi connectivity index (χ0v) is 21.2. The number of rotatable bonds is 3. The lowest BCUT2D eigenvalue weighted by atomic mass is 10.1. The minimum atomic E-state index is 0.753. The van der Waals surface area contributed by atoms with Crippen LogP contribution in [0.1, 0.15) is 0 Å². The van der Waals surface area contributed by atoms with Crippen molar-refractivity contribution in [2.45, 2.75) is 0 Å². The van der Waals surface area contributed by atoms with Crippen LogP contribution in [-0.4, -0.2) is 14.5 Å². The lowest BCUT2D eigenvalue weighted by Gasteiger charge is -2.09. The van der Waals surface area contributed by atoms with E-state index in [4.69, 9.17) is 9.97 Å². The summed E-state index contributed by atoms with van der Waals surface area (Å²) in [5, 5.41) is 3.63. The van der Waals surface area contributed by atoms with Crippen LogP contribution >= 0.6 is 11.3 Å². The zero-order valence-electron chi connectivity index (χ0n) is 20.4. The Kier molecular flexibility index (Phi) is 4.69. The summed E-state index contributed by atoms with van der Waals surface area (Å²) in [7, 11) is 0. The van der Waals surface area contributed by atoms with Gasteiger partial charge in [-0.3, -0.25) is 0 Å². The molecule has 0 N–H and O–H groups in total. The van der Waals surface area contributed by atoms with E-state index in [2.05, 4.69) is 114 Å². The fourth-order valence-electron chi connectivity index (χ4n) is 5.48. The monoisotopic (exact) mass is 503 g/mol. The topological polar surface area (TPSA) is 30.7 Å². The molecule has 8 rings (SSSR count). The van der Waals surface area contributed by atoms with Crippen LogP contribution in [0.2, 0.25) is 0 Å². The molecule has 0 aliphatic carbocycles.